The lowest BCUT2D eigenvalue weighted by Gasteiger charge is -2.31. The van der Waals surface area contributed by atoms with E-state index in [4.69, 9.17) is 5.73 Å². The quantitative estimate of drug-likeness (QED) is 0.920. The summed E-state index contributed by atoms with van der Waals surface area (Å²) in [6.07, 6.45) is 0.537. The van der Waals surface area contributed by atoms with Crippen molar-refractivity contribution >= 4 is 5.91 Å². The average molecular weight is 284 g/mol. The average Bonchev–Trinajstić information content (AvgIpc) is 2.54. The van der Waals surface area contributed by atoms with E-state index in [0.717, 1.165) is 16.7 Å². The van der Waals surface area contributed by atoms with Gasteiger partial charge in [-0.1, -0.05) is 42.5 Å². The van der Waals surface area contributed by atoms with E-state index in [9.17, 15) is 9.18 Å². The Morgan fingerprint density at radius 3 is 2.67 bits per heavy atom. The molecule has 3 rings (SSSR count). The second-order valence-electron chi connectivity index (χ2n) is 5.28. The number of amides is 1. The normalized spacial score (nSPS) is 15.4. The predicted octanol–water partition coefficient (Wildman–Crippen LogP) is 2.41. The Balaban J connectivity index is 1.78. The van der Waals surface area contributed by atoms with Gasteiger partial charge in [-0.05, 0) is 29.2 Å². The molecule has 1 aliphatic heterocycles. The Hall–Kier alpha value is -2.20. The minimum atomic E-state index is -0.665. The molecular formula is C17H17FN2O. The smallest absolute Gasteiger partial charge is 0.244 e. The molecule has 4 heteroatoms. The van der Waals surface area contributed by atoms with Crippen molar-refractivity contribution in [2.75, 3.05) is 6.54 Å². The van der Waals surface area contributed by atoms with Crippen LogP contribution in [0, 0.1) is 5.82 Å². The van der Waals surface area contributed by atoms with Crippen LogP contribution in [0.4, 0.5) is 4.39 Å². The summed E-state index contributed by atoms with van der Waals surface area (Å²) in [7, 11) is 0. The number of hydrogen-bond donors (Lipinski definition) is 1. The first-order valence-corrected chi connectivity index (χ1v) is 7.02. The minimum absolute atomic E-state index is 0.115. The van der Waals surface area contributed by atoms with Crippen LogP contribution >= 0.6 is 0 Å². The van der Waals surface area contributed by atoms with Crippen molar-refractivity contribution in [3.8, 4) is 0 Å². The fourth-order valence-electron chi connectivity index (χ4n) is 2.75. The Labute approximate surface area is 123 Å². The molecule has 1 aliphatic rings. The largest absolute Gasteiger partial charge is 0.336 e. The molecule has 0 radical (unpaired) electrons. The predicted molar refractivity (Wildman–Crippen MR) is 78.9 cm³/mol. The van der Waals surface area contributed by atoms with Gasteiger partial charge in [-0.2, -0.15) is 0 Å². The van der Waals surface area contributed by atoms with Crippen LogP contribution in [0.2, 0.25) is 0 Å². The number of hydrogen-bond acceptors (Lipinski definition) is 2. The maximum atomic E-state index is 13.7. The van der Waals surface area contributed by atoms with Gasteiger partial charge in [0.05, 0.1) is 0 Å². The van der Waals surface area contributed by atoms with Gasteiger partial charge in [0, 0.05) is 13.1 Å². The van der Waals surface area contributed by atoms with Gasteiger partial charge in [0.1, 0.15) is 11.9 Å². The summed E-state index contributed by atoms with van der Waals surface area (Å²) in [5, 5.41) is 0. The third-order valence-electron chi connectivity index (χ3n) is 3.95. The molecule has 1 heterocycles. The molecule has 0 aromatic heterocycles. The van der Waals surface area contributed by atoms with Crippen LogP contribution in [0.1, 0.15) is 22.7 Å². The zero-order valence-corrected chi connectivity index (χ0v) is 11.6. The molecule has 2 N–H and O–H groups in total. The Kier molecular flexibility index (Phi) is 3.71. The number of rotatable bonds is 2. The molecule has 0 spiro atoms. The summed E-state index contributed by atoms with van der Waals surface area (Å²) in [4.78, 5) is 14.2. The van der Waals surface area contributed by atoms with Crippen molar-refractivity contribution in [3.05, 3.63) is 71.0 Å². The van der Waals surface area contributed by atoms with Gasteiger partial charge in [-0.15, -0.1) is 0 Å². The number of carbonyl (C=O) groups is 1. The lowest BCUT2D eigenvalue weighted by atomic mass is 9.98. The first-order valence-electron chi connectivity index (χ1n) is 7.02. The van der Waals surface area contributed by atoms with E-state index in [0.29, 0.717) is 19.5 Å². The lowest BCUT2D eigenvalue weighted by Crippen LogP contribution is -2.41. The van der Waals surface area contributed by atoms with Crippen LogP contribution < -0.4 is 5.73 Å². The van der Waals surface area contributed by atoms with Gasteiger partial charge in [-0.3, -0.25) is 4.79 Å². The van der Waals surface area contributed by atoms with Crippen LogP contribution in [-0.4, -0.2) is 17.4 Å². The third kappa shape index (κ3) is 2.67. The second-order valence-corrected chi connectivity index (χ2v) is 5.28. The Morgan fingerprint density at radius 1 is 1.14 bits per heavy atom. The topological polar surface area (TPSA) is 46.3 Å². The molecule has 1 atom stereocenters. The van der Waals surface area contributed by atoms with Crippen molar-refractivity contribution in [1.82, 2.24) is 4.90 Å². The first kappa shape index (κ1) is 13.8. The molecule has 21 heavy (non-hydrogen) atoms. The van der Waals surface area contributed by atoms with Crippen LogP contribution in [0.3, 0.4) is 0 Å². The van der Waals surface area contributed by atoms with Gasteiger partial charge in [-0.25, -0.2) is 4.39 Å². The van der Waals surface area contributed by atoms with E-state index in [-0.39, 0.29) is 11.7 Å². The third-order valence-corrected chi connectivity index (χ3v) is 3.95. The molecule has 3 nitrogen and oxygen atoms in total. The summed E-state index contributed by atoms with van der Waals surface area (Å²) in [6.45, 7) is 0.930. The molecule has 2 aromatic rings. The number of carbonyl (C=O) groups excluding carboxylic acids is 1. The van der Waals surface area contributed by atoms with E-state index in [1.807, 2.05) is 36.4 Å². The maximum absolute atomic E-state index is 13.7. The van der Waals surface area contributed by atoms with Gasteiger partial charge in [0.15, 0.2) is 0 Å². The molecule has 0 saturated carbocycles. The minimum Gasteiger partial charge on any atom is -0.336 e. The summed E-state index contributed by atoms with van der Waals surface area (Å²) < 4.78 is 13.7. The highest BCUT2D eigenvalue weighted by Gasteiger charge is 2.26. The van der Waals surface area contributed by atoms with Crippen LogP contribution in [-0.2, 0) is 17.8 Å². The fourth-order valence-corrected chi connectivity index (χ4v) is 2.75. The van der Waals surface area contributed by atoms with Gasteiger partial charge >= 0.3 is 0 Å². The van der Waals surface area contributed by atoms with E-state index in [2.05, 4.69) is 0 Å². The number of benzene rings is 2. The van der Waals surface area contributed by atoms with E-state index < -0.39 is 6.04 Å². The van der Waals surface area contributed by atoms with Crippen molar-refractivity contribution in [2.24, 2.45) is 5.73 Å². The highest BCUT2D eigenvalue weighted by atomic mass is 19.1. The summed E-state index contributed by atoms with van der Waals surface area (Å²) >= 11 is 0. The number of nitrogens with zero attached hydrogens (tertiary/aromatic N) is 1. The monoisotopic (exact) mass is 284 g/mol. The molecule has 0 bridgehead atoms. The molecule has 108 valence electrons. The molecule has 0 fully saturated rings. The summed E-state index contributed by atoms with van der Waals surface area (Å²) in [5.41, 5.74) is 8.44. The standard InChI is InChI=1S/C17H17FN2O/c18-15-8-4-7-13-11-20(10-9-14(13)15)17(21)16(19)12-5-2-1-3-6-12/h1-8,16H,9-11,19H2/t16-/m0/s1. The van der Waals surface area contributed by atoms with Crippen molar-refractivity contribution in [3.63, 3.8) is 0 Å². The Bertz CT molecular complexity index is 657. The van der Waals surface area contributed by atoms with Gasteiger partial charge in [0.2, 0.25) is 5.91 Å². The van der Waals surface area contributed by atoms with Crippen molar-refractivity contribution in [1.29, 1.82) is 0 Å². The SMILES string of the molecule is N[C@H](C(=O)N1CCc2c(F)cccc2C1)c1ccccc1. The number of nitrogens with two attached hydrogens (primary N) is 1. The molecule has 1 amide bonds. The van der Waals surface area contributed by atoms with Crippen LogP contribution in [0.25, 0.3) is 0 Å². The lowest BCUT2D eigenvalue weighted by molar-refractivity contribution is -0.133. The van der Waals surface area contributed by atoms with Crippen molar-refractivity contribution in [2.45, 2.75) is 19.0 Å². The molecule has 0 aliphatic carbocycles. The van der Waals surface area contributed by atoms with Gasteiger partial charge in [0.25, 0.3) is 0 Å². The maximum Gasteiger partial charge on any atom is 0.244 e. The number of halogens is 1. The summed E-state index contributed by atoms with van der Waals surface area (Å²) in [6, 6.07) is 13.7. The Morgan fingerprint density at radius 2 is 1.90 bits per heavy atom. The first-order chi connectivity index (χ1) is 10.2. The van der Waals surface area contributed by atoms with Crippen molar-refractivity contribution < 1.29 is 9.18 Å². The number of fused-ring (bicyclic) bond motifs is 1. The molecule has 2 aromatic carbocycles. The zero-order chi connectivity index (χ0) is 14.8. The van der Waals surface area contributed by atoms with Gasteiger partial charge < -0.3 is 10.6 Å². The van der Waals surface area contributed by atoms with E-state index in [1.54, 1.807) is 11.0 Å². The van der Waals surface area contributed by atoms with E-state index in [1.165, 1.54) is 6.07 Å². The zero-order valence-electron chi connectivity index (χ0n) is 11.6. The molecule has 0 saturated heterocycles. The van der Waals surface area contributed by atoms with E-state index >= 15 is 0 Å². The molecule has 0 unspecified atom stereocenters. The summed E-state index contributed by atoms with van der Waals surface area (Å²) in [5.74, 6) is -0.303. The second kappa shape index (κ2) is 5.66. The fraction of sp³-hybridized carbons (Fsp3) is 0.235. The molecular weight excluding hydrogens is 267 g/mol. The van der Waals surface area contributed by atoms with Crippen LogP contribution in [0.15, 0.2) is 48.5 Å². The van der Waals surface area contributed by atoms with Crippen LogP contribution in [0.5, 0.6) is 0 Å². The highest BCUT2D eigenvalue weighted by molar-refractivity contribution is 5.83. The highest BCUT2D eigenvalue weighted by Crippen LogP contribution is 2.23.